The molecule has 86 valence electrons. The molecule has 0 unspecified atom stereocenters. The van der Waals surface area contributed by atoms with Crippen molar-refractivity contribution in [2.45, 2.75) is 26.4 Å². The highest BCUT2D eigenvalue weighted by Gasteiger charge is 2.07. The molecule has 0 saturated heterocycles. The molecule has 0 aliphatic carbocycles. The standard InChI is InChI=1S/C10H15N5O/c1-3-10-13-8(14-16-10)7-15-5-4-12-9(15)6-11-2/h4-5,11H,3,6-7H2,1-2H3. The van der Waals surface area contributed by atoms with E-state index in [1.807, 2.05) is 24.7 Å². The fourth-order valence-electron chi connectivity index (χ4n) is 1.46. The van der Waals surface area contributed by atoms with Crippen molar-refractivity contribution in [1.82, 2.24) is 25.0 Å². The molecule has 0 fully saturated rings. The number of aryl methyl sites for hydroxylation is 1. The lowest BCUT2D eigenvalue weighted by atomic mass is 10.5. The van der Waals surface area contributed by atoms with Crippen LogP contribution in [0.4, 0.5) is 0 Å². The Labute approximate surface area is 93.7 Å². The molecular weight excluding hydrogens is 206 g/mol. The van der Waals surface area contributed by atoms with Crippen molar-refractivity contribution in [3.63, 3.8) is 0 Å². The van der Waals surface area contributed by atoms with Crippen LogP contribution < -0.4 is 5.32 Å². The van der Waals surface area contributed by atoms with Crippen molar-refractivity contribution in [3.05, 3.63) is 29.9 Å². The van der Waals surface area contributed by atoms with Gasteiger partial charge in [0.05, 0.1) is 13.1 Å². The smallest absolute Gasteiger partial charge is 0.226 e. The van der Waals surface area contributed by atoms with Crippen LogP contribution in [0.15, 0.2) is 16.9 Å². The minimum atomic E-state index is 0.598. The third-order valence-corrected chi connectivity index (χ3v) is 2.26. The molecule has 6 nitrogen and oxygen atoms in total. The Morgan fingerprint density at radius 1 is 1.50 bits per heavy atom. The molecule has 0 atom stereocenters. The van der Waals surface area contributed by atoms with Crippen LogP contribution in [0.5, 0.6) is 0 Å². The van der Waals surface area contributed by atoms with E-state index in [2.05, 4.69) is 20.4 Å². The number of hydrogen-bond acceptors (Lipinski definition) is 5. The van der Waals surface area contributed by atoms with Crippen molar-refractivity contribution in [2.24, 2.45) is 0 Å². The van der Waals surface area contributed by atoms with E-state index in [1.54, 1.807) is 6.20 Å². The van der Waals surface area contributed by atoms with Crippen LogP contribution in [0, 0.1) is 0 Å². The normalized spacial score (nSPS) is 10.9. The quantitative estimate of drug-likeness (QED) is 0.800. The van der Waals surface area contributed by atoms with Gasteiger partial charge in [0.1, 0.15) is 5.82 Å². The second-order valence-electron chi connectivity index (χ2n) is 3.46. The van der Waals surface area contributed by atoms with Crippen LogP contribution in [-0.4, -0.2) is 26.7 Å². The van der Waals surface area contributed by atoms with E-state index in [0.29, 0.717) is 18.3 Å². The molecule has 2 rings (SSSR count). The summed E-state index contributed by atoms with van der Waals surface area (Å²) >= 11 is 0. The summed E-state index contributed by atoms with van der Waals surface area (Å²) in [6.45, 7) is 3.31. The SMILES string of the molecule is CCc1nc(Cn2ccnc2CNC)no1. The summed E-state index contributed by atoms with van der Waals surface area (Å²) in [4.78, 5) is 8.50. The molecule has 6 heteroatoms. The zero-order valence-corrected chi connectivity index (χ0v) is 9.47. The second-order valence-corrected chi connectivity index (χ2v) is 3.46. The Hall–Kier alpha value is -1.69. The first kappa shape index (κ1) is 10.8. The summed E-state index contributed by atoms with van der Waals surface area (Å²) < 4.78 is 7.05. The molecular formula is C10H15N5O. The van der Waals surface area contributed by atoms with Crippen LogP contribution in [0.3, 0.4) is 0 Å². The predicted molar refractivity (Wildman–Crippen MR) is 57.8 cm³/mol. The van der Waals surface area contributed by atoms with E-state index in [0.717, 1.165) is 18.8 Å². The van der Waals surface area contributed by atoms with Gasteiger partial charge in [-0.05, 0) is 7.05 Å². The van der Waals surface area contributed by atoms with Gasteiger partial charge in [-0.2, -0.15) is 4.98 Å². The van der Waals surface area contributed by atoms with Crippen LogP contribution in [0.2, 0.25) is 0 Å². The molecule has 0 saturated carbocycles. The van der Waals surface area contributed by atoms with E-state index in [-0.39, 0.29) is 0 Å². The minimum absolute atomic E-state index is 0.598. The Morgan fingerprint density at radius 2 is 2.38 bits per heavy atom. The molecule has 0 radical (unpaired) electrons. The maximum Gasteiger partial charge on any atom is 0.226 e. The molecule has 16 heavy (non-hydrogen) atoms. The van der Waals surface area contributed by atoms with E-state index in [9.17, 15) is 0 Å². The van der Waals surface area contributed by atoms with Gasteiger partial charge >= 0.3 is 0 Å². The Morgan fingerprint density at radius 3 is 3.06 bits per heavy atom. The highest BCUT2D eigenvalue weighted by Crippen LogP contribution is 2.03. The highest BCUT2D eigenvalue weighted by molar-refractivity contribution is 4.96. The lowest BCUT2D eigenvalue weighted by Crippen LogP contribution is -2.13. The van der Waals surface area contributed by atoms with Gasteiger partial charge in [0.25, 0.3) is 0 Å². The number of imidazole rings is 1. The molecule has 0 aliphatic heterocycles. The third kappa shape index (κ3) is 2.27. The number of rotatable bonds is 5. The average molecular weight is 221 g/mol. The second kappa shape index (κ2) is 4.89. The minimum Gasteiger partial charge on any atom is -0.339 e. The zero-order chi connectivity index (χ0) is 11.4. The van der Waals surface area contributed by atoms with E-state index in [4.69, 9.17) is 4.52 Å². The van der Waals surface area contributed by atoms with Gasteiger partial charge < -0.3 is 14.4 Å². The summed E-state index contributed by atoms with van der Waals surface area (Å²) in [6.07, 6.45) is 4.45. The maximum atomic E-state index is 5.05. The number of hydrogen-bond donors (Lipinski definition) is 1. The van der Waals surface area contributed by atoms with Crippen molar-refractivity contribution in [1.29, 1.82) is 0 Å². The van der Waals surface area contributed by atoms with Gasteiger partial charge in [-0.3, -0.25) is 0 Å². The van der Waals surface area contributed by atoms with E-state index < -0.39 is 0 Å². The number of aromatic nitrogens is 4. The van der Waals surface area contributed by atoms with Gasteiger partial charge in [0, 0.05) is 18.8 Å². The third-order valence-electron chi connectivity index (χ3n) is 2.26. The summed E-state index contributed by atoms with van der Waals surface area (Å²) in [5.41, 5.74) is 0. The molecule has 0 bridgehead atoms. The fraction of sp³-hybridized carbons (Fsp3) is 0.500. The first-order valence-electron chi connectivity index (χ1n) is 5.29. The van der Waals surface area contributed by atoms with Gasteiger partial charge in [-0.15, -0.1) is 0 Å². The molecule has 2 heterocycles. The van der Waals surface area contributed by atoms with Crippen molar-refractivity contribution in [2.75, 3.05) is 7.05 Å². The Balaban J connectivity index is 2.10. The van der Waals surface area contributed by atoms with Crippen molar-refractivity contribution >= 4 is 0 Å². The summed E-state index contributed by atoms with van der Waals surface area (Å²) in [5.74, 6) is 2.32. The van der Waals surface area contributed by atoms with E-state index in [1.165, 1.54) is 0 Å². The number of nitrogens with one attached hydrogen (secondary N) is 1. The number of nitrogens with zero attached hydrogens (tertiary/aromatic N) is 4. The van der Waals surface area contributed by atoms with Gasteiger partial charge in [0.15, 0.2) is 5.82 Å². The lowest BCUT2D eigenvalue weighted by Gasteiger charge is -2.03. The largest absolute Gasteiger partial charge is 0.339 e. The topological polar surface area (TPSA) is 68.8 Å². The van der Waals surface area contributed by atoms with Gasteiger partial charge in [-0.25, -0.2) is 4.98 Å². The molecule has 0 aromatic carbocycles. The summed E-state index contributed by atoms with van der Waals surface area (Å²) in [5, 5.41) is 6.97. The van der Waals surface area contributed by atoms with Crippen molar-refractivity contribution in [3.8, 4) is 0 Å². The van der Waals surface area contributed by atoms with E-state index >= 15 is 0 Å². The highest BCUT2D eigenvalue weighted by atomic mass is 16.5. The Kier molecular flexibility index (Phi) is 3.31. The maximum absolute atomic E-state index is 5.05. The monoisotopic (exact) mass is 221 g/mol. The molecule has 0 spiro atoms. The molecule has 2 aromatic rings. The van der Waals surface area contributed by atoms with Gasteiger partial charge in [0.2, 0.25) is 5.89 Å². The van der Waals surface area contributed by atoms with Crippen LogP contribution in [-0.2, 0) is 19.5 Å². The lowest BCUT2D eigenvalue weighted by molar-refractivity contribution is 0.375. The molecule has 2 aromatic heterocycles. The zero-order valence-electron chi connectivity index (χ0n) is 9.47. The summed E-state index contributed by atoms with van der Waals surface area (Å²) in [7, 11) is 1.89. The van der Waals surface area contributed by atoms with Crippen LogP contribution in [0.25, 0.3) is 0 Å². The van der Waals surface area contributed by atoms with Crippen LogP contribution >= 0.6 is 0 Å². The van der Waals surface area contributed by atoms with Crippen molar-refractivity contribution < 1.29 is 4.52 Å². The fourth-order valence-corrected chi connectivity index (χ4v) is 1.46. The first-order valence-corrected chi connectivity index (χ1v) is 5.29. The summed E-state index contributed by atoms with van der Waals surface area (Å²) in [6, 6.07) is 0. The molecule has 0 aliphatic rings. The Bertz CT molecular complexity index is 448. The average Bonchev–Trinajstić information content (AvgIpc) is 2.90. The molecule has 0 amide bonds. The predicted octanol–water partition coefficient (Wildman–Crippen LogP) is 0.596. The van der Waals surface area contributed by atoms with Crippen LogP contribution in [0.1, 0.15) is 24.5 Å². The first-order chi connectivity index (χ1) is 7.83. The molecule has 1 N–H and O–H groups in total. The van der Waals surface area contributed by atoms with Gasteiger partial charge in [-0.1, -0.05) is 12.1 Å².